The lowest BCUT2D eigenvalue weighted by Gasteiger charge is -2.25. The zero-order chi connectivity index (χ0) is 17.0. The molecule has 1 aromatic carbocycles. The molecule has 0 spiro atoms. The molecule has 0 fully saturated rings. The van der Waals surface area contributed by atoms with Crippen molar-refractivity contribution in [3.63, 3.8) is 0 Å². The van der Waals surface area contributed by atoms with Gasteiger partial charge in [-0.15, -0.1) is 11.3 Å². The van der Waals surface area contributed by atoms with Gasteiger partial charge in [0.15, 0.2) is 11.5 Å². The van der Waals surface area contributed by atoms with Crippen LogP contribution in [0.5, 0.6) is 17.2 Å². The topological polar surface area (TPSA) is 48.0 Å². The number of hydrogen-bond acceptors (Lipinski definition) is 5. The summed E-state index contributed by atoms with van der Waals surface area (Å²) < 4.78 is 15.9. The third kappa shape index (κ3) is 3.42. The summed E-state index contributed by atoms with van der Waals surface area (Å²) >= 11 is 1.63. The van der Waals surface area contributed by atoms with Gasteiger partial charge in [-0.3, -0.25) is 4.79 Å². The summed E-state index contributed by atoms with van der Waals surface area (Å²) in [6.07, 6.45) is 0. The van der Waals surface area contributed by atoms with Gasteiger partial charge < -0.3 is 19.1 Å². The average molecular weight is 335 g/mol. The number of nitrogens with zero attached hydrogens (tertiary/aromatic N) is 1. The molecule has 0 aliphatic rings. The summed E-state index contributed by atoms with van der Waals surface area (Å²) in [6, 6.07) is 7.33. The number of ether oxygens (including phenoxy) is 3. The van der Waals surface area contributed by atoms with Gasteiger partial charge in [-0.05, 0) is 30.5 Å². The minimum atomic E-state index is -0.106. The highest BCUT2D eigenvalue weighted by molar-refractivity contribution is 7.10. The van der Waals surface area contributed by atoms with Gasteiger partial charge in [0.05, 0.1) is 27.4 Å². The van der Waals surface area contributed by atoms with Crippen LogP contribution in [0.3, 0.4) is 0 Å². The first-order valence-electron chi connectivity index (χ1n) is 7.14. The number of rotatable bonds is 6. The van der Waals surface area contributed by atoms with Crippen LogP contribution in [0.2, 0.25) is 0 Å². The second-order valence-corrected chi connectivity index (χ2v) is 6.00. The van der Waals surface area contributed by atoms with Crippen molar-refractivity contribution >= 4 is 17.2 Å². The van der Waals surface area contributed by atoms with E-state index in [2.05, 4.69) is 0 Å². The molecule has 5 nitrogen and oxygen atoms in total. The number of thiophene rings is 1. The minimum absolute atomic E-state index is 0.0124. The van der Waals surface area contributed by atoms with Crippen molar-refractivity contribution in [1.29, 1.82) is 0 Å². The minimum Gasteiger partial charge on any atom is -0.493 e. The van der Waals surface area contributed by atoms with Crippen LogP contribution in [0.25, 0.3) is 0 Å². The Morgan fingerprint density at radius 1 is 1.13 bits per heavy atom. The van der Waals surface area contributed by atoms with Gasteiger partial charge in [-0.25, -0.2) is 0 Å². The fourth-order valence-electron chi connectivity index (χ4n) is 2.30. The van der Waals surface area contributed by atoms with Gasteiger partial charge >= 0.3 is 0 Å². The lowest BCUT2D eigenvalue weighted by Crippen LogP contribution is -2.29. The molecular formula is C17H21NO4S. The Labute approximate surface area is 140 Å². The summed E-state index contributed by atoms with van der Waals surface area (Å²) in [4.78, 5) is 15.6. The molecule has 0 N–H and O–H groups in total. The summed E-state index contributed by atoms with van der Waals surface area (Å²) in [6.45, 7) is 2.00. The Morgan fingerprint density at radius 3 is 2.17 bits per heavy atom. The summed E-state index contributed by atoms with van der Waals surface area (Å²) in [5.41, 5.74) is 0.491. The predicted molar refractivity (Wildman–Crippen MR) is 90.9 cm³/mol. The summed E-state index contributed by atoms with van der Waals surface area (Å²) in [5.74, 6) is 1.30. The van der Waals surface area contributed by atoms with E-state index in [-0.39, 0.29) is 11.9 Å². The fraction of sp³-hybridized carbons (Fsp3) is 0.353. The van der Waals surface area contributed by atoms with Crippen molar-refractivity contribution in [3.05, 3.63) is 40.1 Å². The molecule has 0 aliphatic heterocycles. The summed E-state index contributed by atoms with van der Waals surface area (Å²) in [7, 11) is 6.38. The largest absolute Gasteiger partial charge is 0.493 e. The average Bonchev–Trinajstić information content (AvgIpc) is 3.12. The first-order chi connectivity index (χ1) is 11.0. The van der Waals surface area contributed by atoms with Crippen molar-refractivity contribution in [2.75, 3.05) is 28.4 Å². The molecule has 124 valence electrons. The second kappa shape index (κ2) is 7.37. The molecule has 1 heterocycles. The Bertz CT molecular complexity index is 644. The van der Waals surface area contributed by atoms with Gasteiger partial charge in [0.1, 0.15) is 0 Å². The molecule has 1 amide bonds. The molecule has 1 atom stereocenters. The number of amides is 1. The van der Waals surface area contributed by atoms with Crippen LogP contribution in [0.15, 0.2) is 29.6 Å². The van der Waals surface area contributed by atoms with E-state index in [9.17, 15) is 4.79 Å². The predicted octanol–water partition coefficient (Wildman–Crippen LogP) is 3.61. The van der Waals surface area contributed by atoms with Crippen molar-refractivity contribution in [2.24, 2.45) is 0 Å². The normalized spacial score (nSPS) is 11.7. The SMILES string of the molecule is COc1cc(C(=O)N(C)C(C)c2cccs2)cc(OC)c1OC. The van der Waals surface area contributed by atoms with E-state index >= 15 is 0 Å². The first-order valence-corrected chi connectivity index (χ1v) is 8.02. The number of carbonyl (C=O) groups excluding carboxylic acids is 1. The lowest BCUT2D eigenvalue weighted by atomic mass is 10.1. The number of benzene rings is 1. The summed E-state index contributed by atoms with van der Waals surface area (Å²) in [5, 5.41) is 2.00. The maximum Gasteiger partial charge on any atom is 0.254 e. The molecule has 6 heteroatoms. The van der Waals surface area contributed by atoms with Gasteiger partial charge in [-0.1, -0.05) is 6.07 Å². The van der Waals surface area contributed by atoms with Crippen LogP contribution >= 0.6 is 11.3 Å². The zero-order valence-electron chi connectivity index (χ0n) is 14.0. The van der Waals surface area contributed by atoms with Crippen molar-refractivity contribution in [2.45, 2.75) is 13.0 Å². The molecule has 0 saturated carbocycles. The molecule has 1 aromatic heterocycles. The van der Waals surface area contributed by atoms with Crippen LogP contribution in [-0.4, -0.2) is 39.2 Å². The van der Waals surface area contributed by atoms with E-state index in [1.165, 1.54) is 21.3 Å². The van der Waals surface area contributed by atoms with Crippen LogP contribution in [-0.2, 0) is 0 Å². The monoisotopic (exact) mass is 335 g/mol. The van der Waals surface area contributed by atoms with E-state index < -0.39 is 0 Å². The standard InChI is InChI=1S/C17H21NO4S/c1-11(15-7-6-8-23-15)18(2)17(19)12-9-13(20-3)16(22-5)14(10-12)21-4/h6-11H,1-5H3. The molecular weight excluding hydrogens is 314 g/mol. The van der Waals surface area contributed by atoms with E-state index in [0.29, 0.717) is 22.8 Å². The Morgan fingerprint density at radius 2 is 1.74 bits per heavy atom. The molecule has 0 bridgehead atoms. The van der Waals surface area contributed by atoms with E-state index in [1.807, 2.05) is 24.4 Å². The Kier molecular flexibility index (Phi) is 5.50. The molecule has 23 heavy (non-hydrogen) atoms. The van der Waals surface area contributed by atoms with Crippen LogP contribution in [0.1, 0.15) is 28.2 Å². The Hall–Kier alpha value is -2.21. The fourth-order valence-corrected chi connectivity index (χ4v) is 3.13. The van der Waals surface area contributed by atoms with E-state index in [4.69, 9.17) is 14.2 Å². The molecule has 2 rings (SSSR count). The maximum absolute atomic E-state index is 12.8. The van der Waals surface area contributed by atoms with Crippen molar-refractivity contribution in [3.8, 4) is 17.2 Å². The van der Waals surface area contributed by atoms with Crippen molar-refractivity contribution < 1.29 is 19.0 Å². The van der Waals surface area contributed by atoms with Gasteiger partial charge in [0, 0.05) is 17.5 Å². The van der Waals surface area contributed by atoms with Crippen LogP contribution in [0.4, 0.5) is 0 Å². The van der Waals surface area contributed by atoms with Gasteiger partial charge in [0.25, 0.3) is 5.91 Å². The van der Waals surface area contributed by atoms with Gasteiger partial charge in [-0.2, -0.15) is 0 Å². The highest BCUT2D eigenvalue weighted by Crippen LogP contribution is 2.38. The van der Waals surface area contributed by atoms with Crippen molar-refractivity contribution in [1.82, 2.24) is 4.90 Å². The highest BCUT2D eigenvalue weighted by Gasteiger charge is 2.23. The molecule has 0 aliphatic carbocycles. The van der Waals surface area contributed by atoms with Crippen LogP contribution < -0.4 is 14.2 Å². The molecule has 0 saturated heterocycles. The van der Waals surface area contributed by atoms with Crippen LogP contribution in [0, 0.1) is 0 Å². The lowest BCUT2D eigenvalue weighted by molar-refractivity contribution is 0.0744. The third-order valence-electron chi connectivity index (χ3n) is 3.77. The third-order valence-corrected chi connectivity index (χ3v) is 4.81. The second-order valence-electron chi connectivity index (χ2n) is 5.02. The molecule has 0 radical (unpaired) electrons. The number of carbonyl (C=O) groups is 1. The first kappa shape index (κ1) is 17.1. The molecule has 2 aromatic rings. The number of methoxy groups -OCH3 is 3. The quantitative estimate of drug-likeness (QED) is 0.809. The van der Waals surface area contributed by atoms with E-state index in [1.54, 1.807) is 35.4 Å². The zero-order valence-corrected chi connectivity index (χ0v) is 14.8. The maximum atomic E-state index is 12.8. The smallest absolute Gasteiger partial charge is 0.254 e. The van der Waals surface area contributed by atoms with E-state index in [0.717, 1.165) is 4.88 Å². The number of hydrogen-bond donors (Lipinski definition) is 0. The van der Waals surface area contributed by atoms with Gasteiger partial charge in [0.2, 0.25) is 5.75 Å². The highest BCUT2D eigenvalue weighted by atomic mass is 32.1. The Balaban J connectivity index is 2.35. The molecule has 1 unspecified atom stereocenters.